The zero-order valence-electron chi connectivity index (χ0n) is 13.7. The second kappa shape index (κ2) is 7.33. The van der Waals surface area contributed by atoms with Gasteiger partial charge in [-0.05, 0) is 62.1 Å². The molecule has 2 rings (SSSR count). The van der Waals surface area contributed by atoms with Crippen LogP contribution in [0.3, 0.4) is 0 Å². The number of hydrogen-bond acceptors (Lipinski definition) is 4. The average Bonchev–Trinajstić information content (AvgIpc) is 2.50. The van der Waals surface area contributed by atoms with Crippen molar-refractivity contribution in [1.29, 1.82) is 5.26 Å². The molecule has 0 atom stereocenters. The lowest BCUT2D eigenvalue weighted by Crippen LogP contribution is -2.18. The number of H-pyrrole nitrogens is 1. The minimum absolute atomic E-state index is 0.0810. The average molecular weight is 345 g/mol. The Kier molecular flexibility index (Phi) is 5.42. The van der Waals surface area contributed by atoms with E-state index >= 15 is 0 Å². The van der Waals surface area contributed by atoms with Crippen molar-refractivity contribution in [2.75, 3.05) is 0 Å². The lowest BCUT2D eigenvalue weighted by molar-refractivity contribution is -0.134. The van der Waals surface area contributed by atoms with Crippen molar-refractivity contribution in [2.24, 2.45) is 0 Å². The van der Waals surface area contributed by atoms with Gasteiger partial charge >= 0.3 is 5.97 Å². The maximum absolute atomic E-state index is 12.1. The Morgan fingerprint density at radius 1 is 1.33 bits per heavy atom. The first-order valence-corrected chi connectivity index (χ1v) is 7.80. The highest BCUT2D eigenvalue weighted by atomic mass is 35.5. The maximum atomic E-state index is 12.1. The van der Waals surface area contributed by atoms with E-state index in [1.54, 1.807) is 32.0 Å². The normalized spacial score (nSPS) is 10.3. The highest BCUT2D eigenvalue weighted by Crippen LogP contribution is 2.22. The topological polar surface area (TPSA) is 83.0 Å². The Bertz CT molecular complexity index is 894. The first-order chi connectivity index (χ1) is 11.3. The number of esters is 1. The van der Waals surface area contributed by atoms with Crippen LogP contribution in [0.5, 0.6) is 5.75 Å². The number of rotatable bonds is 4. The van der Waals surface area contributed by atoms with Gasteiger partial charge in [-0.2, -0.15) is 5.26 Å². The summed E-state index contributed by atoms with van der Waals surface area (Å²) in [6.07, 6.45) is 0.523. The summed E-state index contributed by atoms with van der Waals surface area (Å²) in [5.41, 5.74) is 2.50. The fourth-order valence-corrected chi connectivity index (χ4v) is 2.78. The highest BCUT2D eigenvalue weighted by Gasteiger charge is 2.14. The van der Waals surface area contributed by atoms with Crippen LogP contribution in [0, 0.1) is 32.1 Å². The minimum atomic E-state index is -0.407. The van der Waals surface area contributed by atoms with Gasteiger partial charge in [0.15, 0.2) is 0 Å². The van der Waals surface area contributed by atoms with Crippen molar-refractivity contribution in [2.45, 2.75) is 33.6 Å². The number of benzene rings is 1. The number of pyridine rings is 1. The number of nitrogens with zero attached hydrogens (tertiary/aromatic N) is 1. The SMILES string of the molecule is Cc1cc(Cl)ccc1OC(=O)CCc1c(C)[nH]c(=O)c(C#N)c1C. The molecule has 0 unspecified atom stereocenters. The largest absolute Gasteiger partial charge is 0.426 e. The summed E-state index contributed by atoms with van der Waals surface area (Å²) in [4.78, 5) is 26.4. The van der Waals surface area contributed by atoms with Crippen molar-refractivity contribution >= 4 is 17.6 Å². The van der Waals surface area contributed by atoms with E-state index in [1.165, 1.54) is 0 Å². The number of hydrogen-bond donors (Lipinski definition) is 1. The Hall–Kier alpha value is -2.58. The maximum Gasteiger partial charge on any atom is 0.311 e. The molecule has 2 aromatic rings. The van der Waals surface area contributed by atoms with Gasteiger partial charge in [0.2, 0.25) is 0 Å². The molecular formula is C18H17ClN2O3. The lowest BCUT2D eigenvalue weighted by atomic mass is 9.99. The molecule has 0 aliphatic heterocycles. The third-order valence-electron chi connectivity index (χ3n) is 3.86. The quantitative estimate of drug-likeness (QED) is 0.681. The Balaban J connectivity index is 2.12. The summed E-state index contributed by atoms with van der Waals surface area (Å²) in [6.45, 7) is 5.27. The number of nitriles is 1. The standard InChI is InChI=1S/C18H17ClN2O3/c1-10-8-13(19)4-6-16(10)24-17(22)7-5-14-11(2)15(9-20)18(23)21-12(14)3/h4,6,8H,5,7H2,1-3H3,(H,21,23). The van der Waals surface area contributed by atoms with Crippen LogP contribution in [0.15, 0.2) is 23.0 Å². The number of carbonyl (C=O) groups is 1. The van der Waals surface area contributed by atoms with Gasteiger partial charge < -0.3 is 9.72 Å². The number of aromatic amines is 1. The third-order valence-corrected chi connectivity index (χ3v) is 4.10. The first kappa shape index (κ1) is 17.8. The molecule has 0 fully saturated rings. The van der Waals surface area contributed by atoms with Gasteiger partial charge in [0, 0.05) is 10.7 Å². The van der Waals surface area contributed by atoms with Gasteiger partial charge in [-0.3, -0.25) is 9.59 Å². The molecule has 0 amide bonds. The minimum Gasteiger partial charge on any atom is -0.426 e. The number of aromatic nitrogens is 1. The molecule has 0 aliphatic carbocycles. The van der Waals surface area contributed by atoms with Gasteiger partial charge in [0.1, 0.15) is 17.4 Å². The monoisotopic (exact) mass is 344 g/mol. The van der Waals surface area contributed by atoms with Gasteiger partial charge in [0.25, 0.3) is 5.56 Å². The molecular weight excluding hydrogens is 328 g/mol. The number of nitrogens with one attached hydrogen (secondary N) is 1. The zero-order valence-corrected chi connectivity index (χ0v) is 14.5. The van der Waals surface area contributed by atoms with E-state index in [0.717, 1.165) is 11.1 Å². The van der Waals surface area contributed by atoms with Crippen LogP contribution in [0.4, 0.5) is 0 Å². The van der Waals surface area contributed by atoms with E-state index in [4.69, 9.17) is 21.6 Å². The first-order valence-electron chi connectivity index (χ1n) is 7.42. The molecule has 24 heavy (non-hydrogen) atoms. The predicted octanol–water partition coefficient (Wildman–Crippen LogP) is 3.36. The van der Waals surface area contributed by atoms with Crippen LogP contribution < -0.4 is 10.3 Å². The summed E-state index contributed by atoms with van der Waals surface area (Å²) < 4.78 is 5.35. The molecule has 0 bridgehead atoms. The summed E-state index contributed by atoms with van der Waals surface area (Å²) >= 11 is 5.88. The Morgan fingerprint density at radius 3 is 2.67 bits per heavy atom. The van der Waals surface area contributed by atoms with E-state index in [1.807, 2.05) is 13.0 Å². The molecule has 1 aromatic heterocycles. The van der Waals surface area contributed by atoms with Crippen LogP contribution in [-0.2, 0) is 11.2 Å². The lowest BCUT2D eigenvalue weighted by Gasteiger charge is -2.11. The zero-order chi connectivity index (χ0) is 17.9. The Labute approximate surface area is 144 Å². The van der Waals surface area contributed by atoms with Crippen molar-refractivity contribution < 1.29 is 9.53 Å². The van der Waals surface area contributed by atoms with Gasteiger partial charge in [0.05, 0.1) is 6.42 Å². The van der Waals surface area contributed by atoms with Gasteiger partial charge in [-0.1, -0.05) is 11.6 Å². The third kappa shape index (κ3) is 3.84. The summed E-state index contributed by atoms with van der Waals surface area (Å²) in [5, 5.41) is 9.65. The van der Waals surface area contributed by atoms with Crippen LogP contribution >= 0.6 is 11.6 Å². The molecule has 1 heterocycles. The van der Waals surface area contributed by atoms with Gasteiger partial charge in [-0.15, -0.1) is 0 Å². The fraction of sp³-hybridized carbons (Fsp3) is 0.278. The number of carbonyl (C=O) groups excluding carboxylic acids is 1. The molecule has 1 aromatic carbocycles. The second-order valence-electron chi connectivity index (χ2n) is 5.55. The van der Waals surface area contributed by atoms with E-state index in [-0.39, 0.29) is 18.0 Å². The molecule has 0 radical (unpaired) electrons. The number of ether oxygens (including phenoxy) is 1. The van der Waals surface area contributed by atoms with Crippen LogP contribution in [0.1, 0.15) is 34.4 Å². The molecule has 1 N–H and O–H groups in total. The molecule has 6 heteroatoms. The van der Waals surface area contributed by atoms with Gasteiger partial charge in [-0.25, -0.2) is 0 Å². The molecule has 124 valence electrons. The summed E-state index contributed by atoms with van der Waals surface area (Å²) in [6, 6.07) is 6.93. The number of halogens is 1. The van der Waals surface area contributed by atoms with Crippen LogP contribution in [0.2, 0.25) is 5.02 Å². The van der Waals surface area contributed by atoms with E-state index in [2.05, 4.69) is 4.98 Å². The molecule has 5 nitrogen and oxygen atoms in total. The number of aryl methyl sites for hydroxylation is 2. The molecule has 0 saturated heterocycles. The van der Waals surface area contributed by atoms with Crippen LogP contribution in [-0.4, -0.2) is 11.0 Å². The van der Waals surface area contributed by atoms with Crippen LogP contribution in [0.25, 0.3) is 0 Å². The second-order valence-corrected chi connectivity index (χ2v) is 5.99. The van der Waals surface area contributed by atoms with E-state index in [0.29, 0.717) is 28.5 Å². The van der Waals surface area contributed by atoms with Crippen molar-refractivity contribution in [3.63, 3.8) is 0 Å². The fourth-order valence-electron chi connectivity index (χ4n) is 2.55. The molecule has 0 spiro atoms. The summed E-state index contributed by atoms with van der Waals surface area (Å²) in [7, 11) is 0. The van der Waals surface area contributed by atoms with Crippen molar-refractivity contribution in [1.82, 2.24) is 4.98 Å². The molecule has 0 saturated carbocycles. The Morgan fingerprint density at radius 2 is 2.04 bits per heavy atom. The van der Waals surface area contributed by atoms with Crippen molar-refractivity contribution in [3.8, 4) is 11.8 Å². The highest BCUT2D eigenvalue weighted by molar-refractivity contribution is 6.30. The predicted molar refractivity (Wildman–Crippen MR) is 91.4 cm³/mol. The van der Waals surface area contributed by atoms with E-state index < -0.39 is 5.56 Å². The summed E-state index contributed by atoms with van der Waals surface area (Å²) in [5.74, 6) is 0.0842. The molecule has 0 aliphatic rings. The van der Waals surface area contributed by atoms with E-state index in [9.17, 15) is 9.59 Å². The smallest absolute Gasteiger partial charge is 0.311 e. The van der Waals surface area contributed by atoms with Crippen molar-refractivity contribution in [3.05, 3.63) is 61.5 Å².